The molecule has 0 aromatic heterocycles. The highest BCUT2D eigenvalue weighted by Crippen LogP contribution is 2.22. The lowest BCUT2D eigenvalue weighted by Gasteiger charge is -2.15. The molecule has 1 saturated heterocycles. The van der Waals surface area contributed by atoms with Crippen LogP contribution in [0.5, 0.6) is 0 Å². The Balaban J connectivity index is 1.59. The summed E-state index contributed by atoms with van der Waals surface area (Å²) in [5.41, 5.74) is 0.300. The van der Waals surface area contributed by atoms with E-state index in [9.17, 15) is 22.0 Å². The van der Waals surface area contributed by atoms with Gasteiger partial charge in [0.25, 0.3) is 0 Å². The molecular weight excluding hydrogens is 374 g/mol. The number of benzene rings is 2. The molecule has 1 heterocycles. The number of amides is 1. The Morgan fingerprint density at radius 2 is 1.59 bits per heavy atom. The highest BCUT2D eigenvalue weighted by Gasteiger charge is 2.26. The molecule has 0 bridgehead atoms. The van der Waals surface area contributed by atoms with Crippen molar-refractivity contribution in [3.8, 4) is 0 Å². The number of hydrogen-bond donors (Lipinski definition) is 1. The van der Waals surface area contributed by atoms with Gasteiger partial charge in [0.2, 0.25) is 15.9 Å². The third-order valence-corrected chi connectivity index (χ3v) is 6.41. The standard InChI is InChI=1S/C19H20F2N2O3S/c20-16-4-3-5-17(21)19(16)22-18(24)11-8-14-6-9-15(10-7-14)27(25,26)23-12-1-2-13-23/h3-7,9-10H,1-2,8,11-13H2,(H,22,24). The largest absolute Gasteiger partial charge is 0.321 e. The molecule has 1 N–H and O–H groups in total. The van der Waals surface area contributed by atoms with Crippen LogP contribution in [0.3, 0.4) is 0 Å². The van der Waals surface area contributed by atoms with E-state index in [4.69, 9.17) is 0 Å². The van der Waals surface area contributed by atoms with Crippen molar-refractivity contribution in [2.45, 2.75) is 30.6 Å². The zero-order valence-corrected chi connectivity index (χ0v) is 15.4. The fourth-order valence-corrected chi connectivity index (χ4v) is 4.50. The first-order chi connectivity index (χ1) is 12.9. The molecular formula is C19H20F2N2O3S. The molecule has 144 valence electrons. The Labute approximate surface area is 157 Å². The highest BCUT2D eigenvalue weighted by atomic mass is 32.2. The molecule has 27 heavy (non-hydrogen) atoms. The fraction of sp³-hybridized carbons (Fsp3) is 0.316. The van der Waals surface area contributed by atoms with E-state index in [0.717, 1.165) is 30.5 Å². The summed E-state index contributed by atoms with van der Waals surface area (Å²) < 4.78 is 53.5. The van der Waals surface area contributed by atoms with Crippen LogP contribution in [0.4, 0.5) is 14.5 Å². The number of nitrogens with one attached hydrogen (secondary N) is 1. The maximum Gasteiger partial charge on any atom is 0.243 e. The van der Waals surface area contributed by atoms with Crippen LogP contribution in [-0.4, -0.2) is 31.7 Å². The predicted molar refractivity (Wildman–Crippen MR) is 97.7 cm³/mol. The fourth-order valence-electron chi connectivity index (χ4n) is 2.98. The average Bonchev–Trinajstić information content (AvgIpc) is 3.19. The van der Waals surface area contributed by atoms with Gasteiger partial charge >= 0.3 is 0 Å². The van der Waals surface area contributed by atoms with Gasteiger partial charge < -0.3 is 5.32 Å². The van der Waals surface area contributed by atoms with Crippen LogP contribution in [0.15, 0.2) is 47.4 Å². The SMILES string of the molecule is O=C(CCc1ccc(S(=O)(=O)N2CCCC2)cc1)Nc1c(F)cccc1F. The van der Waals surface area contributed by atoms with Crippen molar-refractivity contribution >= 4 is 21.6 Å². The molecule has 0 atom stereocenters. The Hall–Kier alpha value is -2.32. The summed E-state index contributed by atoms with van der Waals surface area (Å²) in [6, 6.07) is 9.71. The van der Waals surface area contributed by atoms with Crippen molar-refractivity contribution in [3.63, 3.8) is 0 Å². The topological polar surface area (TPSA) is 66.5 Å². The second kappa shape index (κ2) is 8.14. The number of carbonyl (C=O) groups excluding carboxylic acids is 1. The van der Waals surface area contributed by atoms with Crippen LogP contribution in [0.1, 0.15) is 24.8 Å². The second-order valence-corrected chi connectivity index (χ2v) is 8.34. The van der Waals surface area contributed by atoms with E-state index in [0.29, 0.717) is 19.5 Å². The lowest BCUT2D eigenvalue weighted by atomic mass is 10.1. The molecule has 0 saturated carbocycles. The van der Waals surface area contributed by atoms with Crippen LogP contribution in [0.25, 0.3) is 0 Å². The zero-order valence-electron chi connectivity index (χ0n) is 14.6. The predicted octanol–water partition coefficient (Wildman–Crippen LogP) is 3.32. The van der Waals surface area contributed by atoms with E-state index < -0.39 is 33.3 Å². The second-order valence-electron chi connectivity index (χ2n) is 6.40. The first kappa shape index (κ1) is 19.4. The summed E-state index contributed by atoms with van der Waals surface area (Å²) in [5, 5.41) is 2.23. The lowest BCUT2D eigenvalue weighted by Crippen LogP contribution is -2.27. The van der Waals surface area contributed by atoms with E-state index >= 15 is 0 Å². The van der Waals surface area contributed by atoms with Crippen molar-refractivity contribution in [3.05, 3.63) is 59.7 Å². The van der Waals surface area contributed by atoms with E-state index in [1.165, 1.54) is 22.5 Å². The number of sulfonamides is 1. The van der Waals surface area contributed by atoms with Crippen LogP contribution >= 0.6 is 0 Å². The number of para-hydroxylation sites is 1. The number of aryl methyl sites for hydroxylation is 1. The number of hydrogen-bond acceptors (Lipinski definition) is 3. The molecule has 0 spiro atoms. The minimum atomic E-state index is -3.47. The Morgan fingerprint density at radius 3 is 2.19 bits per heavy atom. The maximum atomic E-state index is 13.5. The molecule has 3 rings (SSSR count). The van der Waals surface area contributed by atoms with E-state index in [1.807, 2.05) is 0 Å². The van der Waals surface area contributed by atoms with Gasteiger partial charge in [-0.3, -0.25) is 4.79 Å². The molecule has 8 heteroatoms. The molecule has 5 nitrogen and oxygen atoms in total. The van der Waals surface area contributed by atoms with Gasteiger partial charge in [-0.15, -0.1) is 0 Å². The van der Waals surface area contributed by atoms with Gasteiger partial charge in [-0.2, -0.15) is 4.31 Å². The van der Waals surface area contributed by atoms with Gasteiger partial charge in [0.15, 0.2) is 0 Å². The van der Waals surface area contributed by atoms with E-state index in [2.05, 4.69) is 5.32 Å². The third-order valence-electron chi connectivity index (χ3n) is 4.49. The Morgan fingerprint density at radius 1 is 1.00 bits per heavy atom. The highest BCUT2D eigenvalue weighted by molar-refractivity contribution is 7.89. The average molecular weight is 394 g/mol. The van der Waals surface area contributed by atoms with Crippen molar-refractivity contribution in [1.82, 2.24) is 4.31 Å². The van der Waals surface area contributed by atoms with Crippen molar-refractivity contribution in [1.29, 1.82) is 0 Å². The smallest absolute Gasteiger partial charge is 0.243 e. The van der Waals surface area contributed by atoms with Gasteiger partial charge in [-0.1, -0.05) is 18.2 Å². The van der Waals surface area contributed by atoms with Gasteiger partial charge in [0.05, 0.1) is 4.90 Å². The van der Waals surface area contributed by atoms with E-state index in [1.54, 1.807) is 12.1 Å². The van der Waals surface area contributed by atoms with Crippen LogP contribution in [0, 0.1) is 11.6 Å². The van der Waals surface area contributed by atoms with Crippen LogP contribution in [0.2, 0.25) is 0 Å². The van der Waals surface area contributed by atoms with Crippen molar-refractivity contribution < 1.29 is 22.0 Å². The van der Waals surface area contributed by atoms with Gasteiger partial charge in [0.1, 0.15) is 17.3 Å². The minimum Gasteiger partial charge on any atom is -0.321 e. The normalized spacial score (nSPS) is 15.0. The lowest BCUT2D eigenvalue weighted by molar-refractivity contribution is -0.116. The zero-order chi connectivity index (χ0) is 19.4. The maximum absolute atomic E-state index is 13.5. The Bertz CT molecular complexity index is 904. The Kier molecular flexibility index (Phi) is 5.86. The number of rotatable bonds is 6. The minimum absolute atomic E-state index is 0.0198. The molecule has 1 aliphatic rings. The molecule has 0 aliphatic carbocycles. The van der Waals surface area contributed by atoms with Crippen LogP contribution < -0.4 is 5.32 Å². The van der Waals surface area contributed by atoms with Crippen LogP contribution in [-0.2, 0) is 21.2 Å². The first-order valence-electron chi connectivity index (χ1n) is 8.71. The monoisotopic (exact) mass is 394 g/mol. The van der Waals surface area contributed by atoms with E-state index in [-0.39, 0.29) is 11.3 Å². The summed E-state index contributed by atoms with van der Waals surface area (Å²) in [4.78, 5) is 12.2. The first-order valence-corrected chi connectivity index (χ1v) is 10.1. The quantitative estimate of drug-likeness (QED) is 0.817. The molecule has 0 radical (unpaired) electrons. The summed E-state index contributed by atoms with van der Waals surface area (Å²) in [6.07, 6.45) is 2.09. The molecule has 2 aromatic rings. The number of carbonyl (C=O) groups is 1. The number of nitrogens with zero attached hydrogens (tertiary/aromatic N) is 1. The van der Waals surface area contributed by atoms with Crippen molar-refractivity contribution in [2.75, 3.05) is 18.4 Å². The summed E-state index contributed by atoms with van der Waals surface area (Å²) >= 11 is 0. The van der Waals surface area contributed by atoms with Gasteiger partial charge in [-0.05, 0) is 49.1 Å². The number of halogens is 2. The van der Waals surface area contributed by atoms with Gasteiger partial charge in [0, 0.05) is 19.5 Å². The third kappa shape index (κ3) is 4.51. The molecule has 0 unspecified atom stereocenters. The summed E-state index contributed by atoms with van der Waals surface area (Å²) in [5.74, 6) is -2.19. The van der Waals surface area contributed by atoms with Gasteiger partial charge in [-0.25, -0.2) is 17.2 Å². The number of anilines is 1. The molecule has 1 amide bonds. The summed E-state index contributed by atoms with van der Waals surface area (Å²) in [6.45, 7) is 1.08. The molecule has 2 aromatic carbocycles. The molecule has 1 fully saturated rings. The van der Waals surface area contributed by atoms with Crippen molar-refractivity contribution in [2.24, 2.45) is 0 Å². The summed E-state index contributed by atoms with van der Waals surface area (Å²) in [7, 11) is -3.47. The molecule has 1 aliphatic heterocycles.